The molecule has 1 aromatic carbocycles. The lowest BCUT2D eigenvalue weighted by atomic mass is 9.93. The molecule has 1 aliphatic rings. The zero-order valence-corrected chi connectivity index (χ0v) is 11.7. The summed E-state index contributed by atoms with van der Waals surface area (Å²) in [5, 5.41) is 1.17. The molecule has 3 heteroatoms. The Kier molecular flexibility index (Phi) is 4.85. The van der Waals surface area contributed by atoms with Crippen LogP contribution in [0.2, 0.25) is 10.0 Å². The molecule has 0 bridgehead atoms. The average Bonchev–Trinajstić information content (AvgIpc) is 2.34. The third-order valence-corrected chi connectivity index (χ3v) is 3.83. The quantitative estimate of drug-likeness (QED) is 0.714. The molecule has 0 atom stereocenters. The van der Waals surface area contributed by atoms with E-state index in [0.29, 0.717) is 16.5 Å². The Balaban J connectivity index is 2.02. The van der Waals surface area contributed by atoms with Crippen molar-refractivity contribution in [2.75, 3.05) is 0 Å². The van der Waals surface area contributed by atoms with Gasteiger partial charge in [0.2, 0.25) is 0 Å². The zero-order valence-electron chi connectivity index (χ0n) is 10.2. The van der Waals surface area contributed by atoms with Crippen molar-refractivity contribution < 1.29 is 4.79 Å². The maximum atomic E-state index is 11.9. The minimum Gasteiger partial charge on any atom is -0.294 e. The van der Waals surface area contributed by atoms with E-state index in [1.807, 2.05) is 12.1 Å². The maximum absolute atomic E-state index is 11.9. The highest BCUT2D eigenvalue weighted by Crippen LogP contribution is 2.24. The number of benzene rings is 1. The van der Waals surface area contributed by atoms with Crippen LogP contribution in [0, 0.1) is 0 Å². The molecular weight excluding hydrogens is 267 g/mol. The van der Waals surface area contributed by atoms with E-state index >= 15 is 0 Å². The third kappa shape index (κ3) is 3.86. The molecule has 0 heterocycles. The van der Waals surface area contributed by atoms with Crippen LogP contribution >= 0.6 is 23.2 Å². The highest BCUT2D eigenvalue weighted by Gasteiger charge is 2.09. The molecule has 96 valence electrons. The van der Waals surface area contributed by atoms with Gasteiger partial charge in [0.15, 0.2) is 5.78 Å². The van der Waals surface area contributed by atoms with Gasteiger partial charge in [0.1, 0.15) is 0 Å². The second-order valence-corrected chi connectivity index (χ2v) is 5.59. The van der Waals surface area contributed by atoms with Crippen LogP contribution in [-0.4, -0.2) is 5.78 Å². The lowest BCUT2D eigenvalue weighted by Gasteiger charge is -2.13. The molecule has 1 nitrogen and oxygen atoms in total. The van der Waals surface area contributed by atoms with Gasteiger partial charge in [0, 0.05) is 16.5 Å². The number of halogens is 2. The van der Waals surface area contributed by atoms with Crippen molar-refractivity contribution in [3.05, 3.63) is 45.5 Å². The molecule has 0 saturated heterocycles. The van der Waals surface area contributed by atoms with Crippen molar-refractivity contribution in [2.24, 2.45) is 0 Å². The van der Waals surface area contributed by atoms with Crippen molar-refractivity contribution in [3.63, 3.8) is 0 Å². The molecule has 1 saturated carbocycles. The number of hydrogen-bond donors (Lipinski definition) is 0. The number of carbonyl (C=O) groups is 1. The predicted octanol–water partition coefficient (Wildman–Crippen LogP) is 5.00. The fourth-order valence-corrected chi connectivity index (χ4v) is 2.76. The zero-order chi connectivity index (χ0) is 13.0. The summed E-state index contributed by atoms with van der Waals surface area (Å²) in [4.78, 5) is 11.9. The topological polar surface area (TPSA) is 17.1 Å². The summed E-state index contributed by atoms with van der Waals surface area (Å²) in [6.45, 7) is 0. The first-order valence-electron chi connectivity index (χ1n) is 6.31. The van der Waals surface area contributed by atoms with E-state index in [-0.39, 0.29) is 5.78 Å². The fourth-order valence-electron chi connectivity index (χ4n) is 2.28. The van der Waals surface area contributed by atoms with Crippen molar-refractivity contribution in [1.82, 2.24) is 0 Å². The van der Waals surface area contributed by atoms with Crippen LogP contribution in [0.15, 0.2) is 29.8 Å². The summed E-state index contributed by atoms with van der Waals surface area (Å²) in [5.74, 6) is 0.135. The van der Waals surface area contributed by atoms with Crippen LogP contribution in [0.4, 0.5) is 0 Å². The number of hydrogen-bond acceptors (Lipinski definition) is 1. The number of allylic oxidation sites excluding steroid dienone is 2. The van der Waals surface area contributed by atoms with Crippen LogP contribution in [0.1, 0.15) is 37.7 Å². The summed E-state index contributed by atoms with van der Waals surface area (Å²) >= 11 is 11.9. The van der Waals surface area contributed by atoms with Crippen LogP contribution in [-0.2, 0) is 11.2 Å². The Hall–Kier alpha value is -0.790. The molecule has 0 spiro atoms. The second kappa shape index (κ2) is 6.40. The van der Waals surface area contributed by atoms with E-state index in [9.17, 15) is 4.79 Å². The Morgan fingerprint density at radius 2 is 1.89 bits per heavy atom. The molecule has 0 amide bonds. The largest absolute Gasteiger partial charge is 0.294 e. The Bertz CT molecular complexity index is 469. The minimum atomic E-state index is 0.135. The minimum absolute atomic E-state index is 0.135. The smallest absolute Gasteiger partial charge is 0.160 e. The van der Waals surface area contributed by atoms with E-state index in [1.54, 1.807) is 12.1 Å². The van der Waals surface area contributed by atoms with E-state index in [2.05, 4.69) is 0 Å². The molecule has 1 aromatic rings. The van der Waals surface area contributed by atoms with Gasteiger partial charge in [0.25, 0.3) is 0 Å². The van der Waals surface area contributed by atoms with Crippen molar-refractivity contribution in [1.29, 1.82) is 0 Å². The van der Waals surface area contributed by atoms with E-state index in [4.69, 9.17) is 23.2 Å². The normalized spacial score (nSPS) is 15.6. The van der Waals surface area contributed by atoms with Gasteiger partial charge in [-0.1, -0.05) is 41.3 Å². The van der Waals surface area contributed by atoms with Crippen LogP contribution in [0.3, 0.4) is 0 Å². The van der Waals surface area contributed by atoms with Gasteiger partial charge in [0.05, 0.1) is 0 Å². The SMILES string of the molecule is O=C(C=C1CCCCC1)Cc1ccc(Cl)cc1Cl. The molecule has 2 rings (SSSR count). The Morgan fingerprint density at radius 1 is 1.17 bits per heavy atom. The molecular formula is C15H16Cl2O. The number of ketones is 1. The number of carbonyl (C=O) groups excluding carboxylic acids is 1. The van der Waals surface area contributed by atoms with Gasteiger partial charge in [-0.15, -0.1) is 0 Å². The standard InChI is InChI=1S/C15H16Cl2O/c16-13-7-6-12(15(17)10-13)9-14(18)8-11-4-2-1-3-5-11/h6-8,10H,1-5,9H2. The van der Waals surface area contributed by atoms with Crippen molar-refractivity contribution >= 4 is 29.0 Å². The van der Waals surface area contributed by atoms with Crippen LogP contribution < -0.4 is 0 Å². The molecule has 18 heavy (non-hydrogen) atoms. The molecule has 0 radical (unpaired) electrons. The van der Waals surface area contributed by atoms with E-state index in [1.165, 1.54) is 24.8 Å². The van der Waals surface area contributed by atoms with Gasteiger partial charge in [-0.25, -0.2) is 0 Å². The lowest BCUT2D eigenvalue weighted by molar-refractivity contribution is -0.114. The Morgan fingerprint density at radius 3 is 2.56 bits per heavy atom. The molecule has 0 aliphatic heterocycles. The number of rotatable bonds is 3. The second-order valence-electron chi connectivity index (χ2n) is 4.74. The van der Waals surface area contributed by atoms with E-state index < -0.39 is 0 Å². The first kappa shape index (κ1) is 13.6. The molecule has 1 aliphatic carbocycles. The fraction of sp³-hybridized carbons (Fsp3) is 0.400. The molecule has 1 fully saturated rings. The first-order chi connectivity index (χ1) is 8.65. The molecule has 0 aromatic heterocycles. The van der Waals surface area contributed by atoms with Gasteiger partial charge in [-0.2, -0.15) is 0 Å². The predicted molar refractivity (Wildman–Crippen MR) is 76.3 cm³/mol. The first-order valence-corrected chi connectivity index (χ1v) is 7.07. The maximum Gasteiger partial charge on any atom is 0.160 e. The highest BCUT2D eigenvalue weighted by molar-refractivity contribution is 6.35. The Labute approximate surface area is 118 Å². The lowest BCUT2D eigenvalue weighted by Crippen LogP contribution is -2.03. The van der Waals surface area contributed by atoms with Gasteiger partial charge in [-0.3, -0.25) is 4.79 Å². The van der Waals surface area contributed by atoms with Crippen molar-refractivity contribution in [3.8, 4) is 0 Å². The van der Waals surface area contributed by atoms with Crippen LogP contribution in [0.5, 0.6) is 0 Å². The monoisotopic (exact) mass is 282 g/mol. The summed E-state index contributed by atoms with van der Waals surface area (Å²) in [7, 11) is 0. The molecule has 0 N–H and O–H groups in total. The van der Waals surface area contributed by atoms with Gasteiger partial charge >= 0.3 is 0 Å². The summed E-state index contributed by atoms with van der Waals surface area (Å²) in [6, 6.07) is 5.27. The van der Waals surface area contributed by atoms with Crippen molar-refractivity contribution in [2.45, 2.75) is 38.5 Å². The van der Waals surface area contributed by atoms with E-state index in [0.717, 1.165) is 18.4 Å². The highest BCUT2D eigenvalue weighted by atomic mass is 35.5. The summed E-state index contributed by atoms with van der Waals surface area (Å²) in [5.41, 5.74) is 2.13. The van der Waals surface area contributed by atoms with Gasteiger partial charge in [-0.05, 0) is 49.5 Å². The average molecular weight is 283 g/mol. The summed E-state index contributed by atoms with van der Waals surface area (Å²) in [6.07, 6.45) is 8.01. The summed E-state index contributed by atoms with van der Waals surface area (Å²) < 4.78 is 0. The van der Waals surface area contributed by atoms with Crippen LogP contribution in [0.25, 0.3) is 0 Å². The molecule has 0 unspecified atom stereocenters. The van der Waals surface area contributed by atoms with Gasteiger partial charge < -0.3 is 0 Å². The third-order valence-electron chi connectivity index (χ3n) is 3.24.